The molecule has 1 fully saturated rings. The van der Waals surface area contributed by atoms with Crippen molar-refractivity contribution in [3.8, 4) is 11.6 Å². The van der Waals surface area contributed by atoms with Gasteiger partial charge in [0.1, 0.15) is 11.3 Å². The van der Waals surface area contributed by atoms with E-state index >= 15 is 0 Å². The summed E-state index contributed by atoms with van der Waals surface area (Å²) in [4.78, 5) is 36.9. The summed E-state index contributed by atoms with van der Waals surface area (Å²) in [6.07, 6.45) is 4.92. The minimum atomic E-state index is -0.298. The third-order valence-corrected chi connectivity index (χ3v) is 6.61. The van der Waals surface area contributed by atoms with Crippen molar-refractivity contribution in [1.82, 2.24) is 20.3 Å². The average Bonchev–Trinajstić information content (AvgIpc) is 2.87. The molecule has 3 heterocycles. The summed E-state index contributed by atoms with van der Waals surface area (Å²) in [7, 11) is 1.55. The van der Waals surface area contributed by atoms with Gasteiger partial charge in [0.05, 0.1) is 23.7 Å². The number of benzene rings is 1. The molecular weight excluding hydrogens is 517 g/mol. The molecular formula is C26H29Cl2N5O4. The zero-order valence-corrected chi connectivity index (χ0v) is 21.8. The van der Waals surface area contributed by atoms with Gasteiger partial charge in [0.2, 0.25) is 11.8 Å². The number of anilines is 1. The number of fused-ring (bicyclic) bond motifs is 2. The highest BCUT2D eigenvalue weighted by Gasteiger charge is 2.26. The number of phenolic OH excluding ortho intramolecular Hbond substituents is 1. The Morgan fingerprint density at radius 2 is 1.92 bits per heavy atom. The molecule has 0 spiro atoms. The molecule has 0 atom stereocenters. The van der Waals surface area contributed by atoms with Gasteiger partial charge in [-0.25, -0.2) is 4.98 Å². The first kappa shape index (κ1) is 28.2. The number of ether oxygens (including phenoxy) is 1. The van der Waals surface area contributed by atoms with Crippen molar-refractivity contribution >= 4 is 58.2 Å². The fourth-order valence-electron chi connectivity index (χ4n) is 4.72. The molecule has 11 heteroatoms. The first-order valence-electron chi connectivity index (χ1n) is 11.7. The highest BCUT2D eigenvalue weighted by molar-refractivity contribution is 6.00. The zero-order chi connectivity index (χ0) is 24.4. The second kappa shape index (κ2) is 12.2. The van der Waals surface area contributed by atoms with Crippen molar-refractivity contribution in [2.45, 2.75) is 38.3 Å². The number of aromatic hydroxyl groups is 1. The molecule has 4 N–H and O–H groups in total. The molecule has 0 radical (unpaired) electrons. The van der Waals surface area contributed by atoms with Gasteiger partial charge < -0.3 is 25.5 Å². The number of carbonyl (C=O) groups is 1. The highest BCUT2D eigenvalue weighted by Crippen LogP contribution is 2.28. The van der Waals surface area contributed by atoms with E-state index in [1.165, 1.54) is 6.07 Å². The number of aromatic amines is 1. The van der Waals surface area contributed by atoms with Crippen LogP contribution in [0.15, 0.2) is 53.5 Å². The van der Waals surface area contributed by atoms with E-state index in [-0.39, 0.29) is 54.0 Å². The molecule has 196 valence electrons. The van der Waals surface area contributed by atoms with E-state index in [2.05, 4.69) is 25.6 Å². The van der Waals surface area contributed by atoms with Crippen molar-refractivity contribution in [2.24, 2.45) is 5.92 Å². The lowest BCUT2D eigenvalue weighted by Crippen LogP contribution is -2.36. The van der Waals surface area contributed by atoms with Crippen LogP contribution >= 0.6 is 24.8 Å². The number of rotatable bonds is 6. The fraction of sp³-hybridized carbons (Fsp3) is 0.308. The Labute approximate surface area is 225 Å². The molecule has 1 aliphatic rings. The van der Waals surface area contributed by atoms with Gasteiger partial charge in [-0.05, 0) is 55.3 Å². The molecule has 37 heavy (non-hydrogen) atoms. The van der Waals surface area contributed by atoms with Gasteiger partial charge in [0.15, 0.2) is 0 Å². The molecule has 1 amide bonds. The number of aromatic nitrogens is 3. The highest BCUT2D eigenvalue weighted by atomic mass is 35.5. The van der Waals surface area contributed by atoms with Gasteiger partial charge in [-0.3, -0.25) is 14.6 Å². The number of carbonyl (C=O) groups excluding carboxylic acids is 1. The third kappa shape index (κ3) is 6.12. The van der Waals surface area contributed by atoms with E-state index in [1.807, 2.05) is 18.2 Å². The Bertz CT molecular complexity index is 1450. The summed E-state index contributed by atoms with van der Waals surface area (Å²) in [5.74, 6) is 0.358. The molecule has 0 bridgehead atoms. The normalized spacial score (nSPS) is 17.0. The van der Waals surface area contributed by atoms with Crippen LogP contribution in [0, 0.1) is 5.92 Å². The second-order valence-electron chi connectivity index (χ2n) is 8.86. The number of H-pyrrole nitrogens is 1. The molecule has 0 unspecified atom stereocenters. The lowest BCUT2D eigenvalue weighted by molar-refractivity contribution is -0.120. The van der Waals surface area contributed by atoms with Gasteiger partial charge in [-0.1, -0.05) is 12.1 Å². The number of hydrogen-bond acceptors (Lipinski definition) is 7. The van der Waals surface area contributed by atoms with E-state index in [0.29, 0.717) is 39.9 Å². The van der Waals surface area contributed by atoms with Crippen molar-refractivity contribution in [2.75, 3.05) is 12.4 Å². The van der Waals surface area contributed by atoms with Crippen molar-refractivity contribution in [3.63, 3.8) is 0 Å². The Morgan fingerprint density at radius 1 is 1.14 bits per heavy atom. The summed E-state index contributed by atoms with van der Waals surface area (Å²) in [6, 6.07) is 12.5. The maximum atomic E-state index is 13.0. The van der Waals surface area contributed by atoms with Crippen LogP contribution in [0.3, 0.4) is 0 Å². The van der Waals surface area contributed by atoms with Gasteiger partial charge in [-0.2, -0.15) is 0 Å². The van der Waals surface area contributed by atoms with E-state index in [1.54, 1.807) is 31.5 Å². The molecule has 3 aromatic heterocycles. The molecule has 1 aromatic carbocycles. The number of nitrogens with zero attached hydrogens (tertiary/aromatic N) is 2. The third-order valence-electron chi connectivity index (χ3n) is 6.61. The number of nitrogens with one attached hydrogen (secondary N) is 3. The molecule has 1 saturated carbocycles. The van der Waals surface area contributed by atoms with Gasteiger partial charge in [0, 0.05) is 36.5 Å². The van der Waals surface area contributed by atoms with Crippen LogP contribution in [0.5, 0.6) is 11.6 Å². The largest absolute Gasteiger partial charge is 0.507 e. The number of amides is 1. The summed E-state index contributed by atoms with van der Waals surface area (Å²) in [5, 5.41) is 17.5. The molecule has 9 nitrogen and oxygen atoms in total. The predicted octanol–water partition coefficient (Wildman–Crippen LogP) is 4.32. The van der Waals surface area contributed by atoms with Crippen LogP contribution in [0.25, 0.3) is 21.8 Å². The topological polar surface area (TPSA) is 129 Å². The second-order valence-corrected chi connectivity index (χ2v) is 8.86. The number of halogens is 2. The van der Waals surface area contributed by atoms with Crippen molar-refractivity contribution in [1.29, 1.82) is 0 Å². The number of methoxy groups -OCH3 is 1. The SMILES string of the molecule is COc1ccc2nccc(NC(=O)C3CCC(NCc4cc5cccc(O)c5c(=O)[nH]4)CC3)c2n1.Cl.Cl. The molecule has 0 aliphatic heterocycles. The first-order valence-corrected chi connectivity index (χ1v) is 11.7. The van der Waals surface area contributed by atoms with Crippen molar-refractivity contribution < 1.29 is 14.6 Å². The van der Waals surface area contributed by atoms with Crippen LogP contribution in [0.4, 0.5) is 5.69 Å². The quantitative estimate of drug-likeness (QED) is 0.284. The van der Waals surface area contributed by atoms with E-state index in [4.69, 9.17) is 4.74 Å². The van der Waals surface area contributed by atoms with Crippen LogP contribution in [-0.2, 0) is 11.3 Å². The molecule has 0 saturated heterocycles. The maximum Gasteiger partial charge on any atom is 0.259 e. The van der Waals surface area contributed by atoms with E-state index < -0.39 is 0 Å². The maximum absolute atomic E-state index is 13.0. The van der Waals surface area contributed by atoms with Gasteiger partial charge in [0.25, 0.3) is 5.56 Å². The monoisotopic (exact) mass is 545 g/mol. The summed E-state index contributed by atoms with van der Waals surface area (Å²) >= 11 is 0. The zero-order valence-electron chi connectivity index (χ0n) is 20.2. The van der Waals surface area contributed by atoms with E-state index in [0.717, 1.165) is 31.4 Å². The Balaban J connectivity index is 0.00000190. The van der Waals surface area contributed by atoms with Crippen LogP contribution in [-0.4, -0.2) is 39.1 Å². The Kier molecular flexibility index (Phi) is 9.31. The van der Waals surface area contributed by atoms with Gasteiger partial charge >= 0.3 is 0 Å². The Morgan fingerprint density at radius 3 is 2.68 bits per heavy atom. The summed E-state index contributed by atoms with van der Waals surface area (Å²) < 4.78 is 5.21. The number of phenols is 1. The fourth-order valence-corrected chi connectivity index (χ4v) is 4.72. The summed E-state index contributed by atoms with van der Waals surface area (Å²) in [6.45, 7) is 0.513. The standard InChI is InChI=1S/C26H27N5O4.2ClH/c1-35-22-10-9-19-24(31-22)20(11-12-27-19)30-25(33)15-5-7-17(8-6-15)28-14-18-13-16-3-2-4-21(32)23(16)26(34)29-18;;/h2-4,9-13,15,17,28,32H,5-8,14H2,1H3,(H,29,34)(H,27,30,33);2*1H. The van der Waals surface area contributed by atoms with E-state index in [9.17, 15) is 14.7 Å². The van der Waals surface area contributed by atoms with Crippen LogP contribution in [0.2, 0.25) is 0 Å². The Hall–Kier alpha value is -3.40. The molecule has 4 aromatic rings. The smallest absolute Gasteiger partial charge is 0.259 e. The van der Waals surface area contributed by atoms with Crippen LogP contribution in [0.1, 0.15) is 31.4 Å². The lowest BCUT2D eigenvalue weighted by Gasteiger charge is -2.28. The molecule has 1 aliphatic carbocycles. The minimum Gasteiger partial charge on any atom is -0.507 e. The van der Waals surface area contributed by atoms with Crippen LogP contribution < -0.4 is 20.9 Å². The first-order chi connectivity index (χ1) is 17.0. The average molecular weight is 546 g/mol. The summed E-state index contributed by atoms with van der Waals surface area (Å²) in [5.41, 5.74) is 2.39. The minimum absolute atomic E-state index is 0. The predicted molar refractivity (Wildman–Crippen MR) is 148 cm³/mol. The number of hydrogen-bond donors (Lipinski definition) is 4. The number of pyridine rings is 3. The van der Waals surface area contributed by atoms with Crippen molar-refractivity contribution in [3.05, 3.63) is 64.7 Å². The van der Waals surface area contributed by atoms with Gasteiger partial charge in [-0.15, -0.1) is 24.8 Å². The molecule has 5 rings (SSSR count). The lowest BCUT2D eigenvalue weighted by atomic mass is 9.85.